The summed E-state index contributed by atoms with van der Waals surface area (Å²) in [5, 5.41) is 0. The highest BCUT2D eigenvalue weighted by Gasteiger charge is 1.02. The molecule has 6 heavy (non-hydrogen) atoms. The molecule has 0 aliphatic rings. The van der Waals surface area contributed by atoms with Gasteiger partial charge in [-0.25, -0.2) is 9.56 Å². The van der Waals surface area contributed by atoms with E-state index >= 15 is 0 Å². The van der Waals surface area contributed by atoms with Crippen LogP contribution in [0.2, 0.25) is 0 Å². The third kappa shape index (κ3) is 196. The van der Waals surface area contributed by atoms with Gasteiger partial charge in [0, 0.05) is 0 Å². The molecule has 0 aromatic heterocycles. The van der Waals surface area contributed by atoms with Gasteiger partial charge in [-0.1, -0.05) is 0 Å². The monoisotopic (exact) mass is 126 g/mol. The average Bonchev–Trinajstić information content (AvgIpc) is 1.39. The van der Waals surface area contributed by atoms with Crippen LogP contribution in [0.1, 0.15) is 0 Å². The summed E-state index contributed by atoms with van der Waals surface area (Å²) >= 11 is -0.500. The van der Waals surface area contributed by atoms with E-state index in [2.05, 4.69) is 0 Å². The summed E-state index contributed by atoms with van der Waals surface area (Å²) in [6.45, 7) is 0. The van der Waals surface area contributed by atoms with Crippen molar-refractivity contribution >= 4 is 22.9 Å². The van der Waals surface area contributed by atoms with E-state index in [9.17, 15) is 0 Å². The number of hydrogen-bond acceptors (Lipinski definition) is 4. The van der Waals surface area contributed by atoms with E-state index in [0.717, 1.165) is 0 Å². The molecule has 0 aromatic rings. The van der Waals surface area contributed by atoms with Gasteiger partial charge >= 0.3 is 0 Å². The number of rotatable bonds is 0. The van der Waals surface area contributed by atoms with Gasteiger partial charge < -0.3 is 0 Å². The first-order valence-electron chi connectivity index (χ1n) is 0.742. The fourth-order valence-corrected chi connectivity index (χ4v) is 0. The van der Waals surface area contributed by atoms with Crippen LogP contribution in [0.3, 0.4) is 0 Å². The van der Waals surface area contributed by atoms with Crippen molar-refractivity contribution in [1.82, 2.24) is 0 Å². The van der Waals surface area contributed by atoms with Gasteiger partial charge in [-0.2, -0.15) is 8.42 Å². The molecule has 0 bridgehead atoms. The average molecular weight is 126 g/mol. The highest BCUT2D eigenvalue weighted by Crippen LogP contribution is 0.961. The Labute approximate surface area is 41.6 Å². The van der Waals surface area contributed by atoms with Crippen LogP contribution < -0.4 is 0 Å². The third-order valence-corrected chi connectivity index (χ3v) is 0. The molecule has 0 rings (SSSR count). The zero-order valence-corrected chi connectivity index (χ0v) is 4.27. The molecule has 6 heteroatoms. The van der Waals surface area contributed by atoms with Crippen LogP contribution in [-0.2, 0) is 22.9 Å². The Morgan fingerprint density at radius 3 is 1.00 bits per heavy atom. The molecule has 4 nitrogen and oxygen atoms in total. The first kappa shape index (κ1) is 9.16. The fourth-order valence-electron chi connectivity index (χ4n) is 0. The molecule has 0 radical (unpaired) electrons. The molecule has 0 spiro atoms. The van der Waals surface area contributed by atoms with Crippen molar-refractivity contribution in [3.63, 3.8) is 0 Å². The summed E-state index contributed by atoms with van der Waals surface area (Å²) in [5.74, 6) is 0. The summed E-state index contributed by atoms with van der Waals surface area (Å²) in [7, 11) is 0. The van der Waals surface area contributed by atoms with Crippen LogP contribution in [-0.4, -0.2) is 8.42 Å². The second kappa shape index (κ2) is 22.9. The zero-order chi connectivity index (χ0) is 5.41. The first-order valence-corrected chi connectivity index (χ1v) is 2.22. The van der Waals surface area contributed by atoms with Gasteiger partial charge in [0.15, 0.2) is 22.9 Å². The maximum atomic E-state index is 8.51. The van der Waals surface area contributed by atoms with Crippen LogP contribution >= 0.6 is 0 Å². The van der Waals surface area contributed by atoms with Crippen molar-refractivity contribution in [2.24, 2.45) is 0 Å². The standard InChI is InChI=1S/2HNOS/c2*1-3-2/h2*1H. The second-order valence-corrected chi connectivity index (χ2v) is 0.500. The fraction of sp³-hybridized carbons (Fsp3) is 0. The van der Waals surface area contributed by atoms with Crippen LogP contribution in [0.4, 0.5) is 0 Å². The molecule has 0 heterocycles. The summed E-state index contributed by atoms with van der Waals surface area (Å²) in [5.41, 5.74) is 0. The van der Waals surface area contributed by atoms with Gasteiger partial charge in [-0.15, -0.1) is 0 Å². The number of hydrogen-bond donors (Lipinski definition) is 2. The molecular weight excluding hydrogens is 124 g/mol. The molecule has 0 fully saturated rings. The van der Waals surface area contributed by atoms with Crippen molar-refractivity contribution < 1.29 is 8.42 Å². The third-order valence-electron chi connectivity index (χ3n) is 0. The van der Waals surface area contributed by atoms with E-state index in [1.165, 1.54) is 0 Å². The van der Waals surface area contributed by atoms with E-state index in [1.807, 2.05) is 0 Å². The maximum absolute atomic E-state index is 8.51. The predicted molar refractivity (Wildman–Crippen MR) is 21.7 cm³/mol. The lowest BCUT2D eigenvalue weighted by atomic mass is 14.0. The van der Waals surface area contributed by atoms with Crippen molar-refractivity contribution in [2.75, 3.05) is 0 Å². The van der Waals surface area contributed by atoms with E-state index in [0.29, 0.717) is 0 Å². The van der Waals surface area contributed by atoms with Crippen LogP contribution in [0.5, 0.6) is 0 Å². The minimum atomic E-state index is -0.250. The molecule has 0 amide bonds. The van der Waals surface area contributed by atoms with Gasteiger partial charge in [-0.05, 0) is 0 Å². The first-order chi connectivity index (χ1) is 2.83. The molecule has 36 valence electrons. The van der Waals surface area contributed by atoms with E-state index in [1.54, 1.807) is 0 Å². The Morgan fingerprint density at radius 1 is 1.00 bits per heavy atom. The van der Waals surface area contributed by atoms with Crippen molar-refractivity contribution in [2.45, 2.75) is 0 Å². The second-order valence-electron chi connectivity index (χ2n) is 0.167. The maximum Gasteiger partial charge on any atom is 0.196 e. The summed E-state index contributed by atoms with van der Waals surface area (Å²) in [6, 6.07) is 0. The molecule has 0 aromatic carbocycles. The van der Waals surface area contributed by atoms with Crippen LogP contribution in [0, 0.1) is 9.56 Å². The van der Waals surface area contributed by atoms with Gasteiger partial charge in [0.2, 0.25) is 0 Å². The highest BCUT2D eigenvalue weighted by atomic mass is 32.1. The summed E-state index contributed by atoms with van der Waals surface area (Å²) in [4.78, 5) is 0. The minimum Gasteiger partial charge on any atom is -0.210 e. The Hall–Kier alpha value is -0.360. The Kier molecular flexibility index (Phi) is 34.9. The lowest BCUT2D eigenvalue weighted by Crippen LogP contribution is -1.09. The van der Waals surface area contributed by atoms with Crippen LogP contribution in [0.15, 0.2) is 0 Å². The largest absolute Gasteiger partial charge is 0.210 e. The SMILES string of the molecule is N=S=O.N=S=O. The predicted octanol–water partition coefficient (Wildman–Crippen LogP) is -0.0765. The van der Waals surface area contributed by atoms with Crippen molar-refractivity contribution in [3.8, 4) is 0 Å². The highest BCUT2D eigenvalue weighted by molar-refractivity contribution is 7.53. The van der Waals surface area contributed by atoms with E-state index < -0.39 is 0 Å². The molecule has 0 aliphatic carbocycles. The van der Waals surface area contributed by atoms with Crippen LogP contribution in [0.25, 0.3) is 0 Å². The molecule has 0 unspecified atom stereocenters. The van der Waals surface area contributed by atoms with Gasteiger partial charge in [0.25, 0.3) is 0 Å². The Bertz CT molecular complexity index is 63.5. The Morgan fingerprint density at radius 2 is 1.00 bits per heavy atom. The van der Waals surface area contributed by atoms with E-state index in [4.69, 9.17) is 18.0 Å². The molecule has 2 N–H and O–H groups in total. The van der Waals surface area contributed by atoms with Gasteiger partial charge in [0.05, 0.1) is 0 Å². The van der Waals surface area contributed by atoms with Gasteiger partial charge in [-0.3, -0.25) is 0 Å². The zero-order valence-electron chi connectivity index (χ0n) is 2.63. The van der Waals surface area contributed by atoms with Crippen molar-refractivity contribution in [1.29, 1.82) is 9.56 Å². The lowest BCUT2D eigenvalue weighted by molar-refractivity contribution is 0.696. The molecule has 0 saturated heterocycles. The Balaban J connectivity index is 0. The quantitative estimate of drug-likeness (QED) is 0.476. The summed E-state index contributed by atoms with van der Waals surface area (Å²) < 4.78 is 28.2. The molecule has 0 aliphatic heterocycles. The normalized spacial score (nSPS) is 4.00. The minimum absolute atomic E-state index is 0.250. The van der Waals surface area contributed by atoms with Crippen molar-refractivity contribution in [3.05, 3.63) is 0 Å². The topological polar surface area (TPSA) is 81.8 Å². The smallest absolute Gasteiger partial charge is 0.196 e. The van der Waals surface area contributed by atoms with E-state index in [-0.39, 0.29) is 22.9 Å². The van der Waals surface area contributed by atoms with Gasteiger partial charge in [0.1, 0.15) is 0 Å². The molecule has 0 atom stereocenters. The summed E-state index contributed by atoms with van der Waals surface area (Å²) in [6.07, 6.45) is 0. The molecular formula is H2N2O2S2. The molecule has 0 saturated carbocycles. The number of nitrogens with one attached hydrogen (secondary N) is 2. The lowest BCUT2D eigenvalue weighted by Gasteiger charge is -1.02.